The lowest BCUT2D eigenvalue weighted by Crippen LogP contribution is -2.35. The Labute approximate surface area is 63.4 Å². The minimum absolute atomic E-state index is 0.955. The minimum Gasteiger partial charge on any atom is -0.332 e. The lowest BCUT2D eigenvalue weighted by molar-refractivity contribution is -0.207. The first kappa shape index (κ1) is 10.7. The maximum atomic E-state index is 11.3. The third-order valence-corrected chi connectivity index (χ3v) is 0.610. The third kappa shape index (κ3) is 3.74. The number of carbonyl (C=O) groups excluding carboxylic acids is 2. The van der Waals surface area contributed by atoms with Gasteiger partial charge in [-0.25, -0.2) is 9.18 Å². The SMILES string of the molecule is O=C(CF)NOC(=O)C(F)(F)F. The Morgan fingerprint density at radius 2 is 1.83 bits per heavy atom. The highest BCUT2D eigenvalue weighted by molar-refractivity contribution is 5.80. The first-order valence-corrected chi connectivity index (χ1v) is 2.50. The quantitative estimate of drug-likeness (QED) is 0.469. The Balaban J connectivity index is 3.81. The van der Waals surface area contributed by atoms with E-state index in [1.54, 1.807) is 0 Å². The van der Waals surface area contributed by atoms with Crippen LogP contribution in [0.25, 0.3) is 0 Å². The first-order chi connectivity index (χ1) is 5.38. The van der Waals surface area contributed by atoms with E-state index in [2.05, 4.69) is 4.84 Å². The van der Waals surface area contributed by atoms with E-state index in [4.69, 9.17) is 0 Å². The van der Waals surface area contributed by atoms with Gasteiger partial charge in [-0.05, 0) is 0 Å². The lowest BCUT2D eigenvalue weighted by atomic mass is 10.7. The van der Waals surface area contributed by atoms with E-state index < -0.39 is 24.7 Å². The Morgan fingerprint density at radius 1 is 1.33 bits per heavy atom. The molecule has 0 unspecified atom stereocenters. The molecule has 0 aromatic heterocycles. The van der Waals surface area contributed by atoms with Crippen molar-refractivity contribution in [2.24, 2.45) is 0 Å². The van der Waals surface area contributed by atoms with Gasteiger partial charge in [-0.1, -0.05) is 0 Å². The van der Waals surface area contributed by atoms with Crippen LogP contribution in [-0.2, 0) is 14.4 Å². The van der Waals surface area contributed by atoms with Gasteiger partial charge in [-0.2, -0.15) is 18.7 Å². The molecule has 0 rings (SSSR count). The molecule has 12 heavy (non-hydrogen) atoms. The lowest BCUT2D eigenvalue weighted by Gasteiger charge is -2.05. The van der Waals surface area contributed by atoms with Crippen LogP contribution >= 0.6 is 0 Å². The summed E-state index contributed by atoms with van der Waals surface area (Å²) in [4.78, 5) is 22.9. The number of rotatable bonds is 1. The van der Waals surface area contributed by atoms with Crippen LogP contribution in [0.4, 0.5) is 17.6 Å². The van der Waals surface area contributed by atoms with Crippen molar-refractivity contribution in [1.82, 2.24) is 5.48 Å². The number of amides is 1. The molecule has 0 aliphatic carbocycles. The second kappa shape index (κ2) is 3.88. The highest BCUT2D eigenvalue weighted by Crippen LogP contribution is 2.15. The molecule has 0 saturated carbocycles. The Hall–Kier alpha value is -1.34. The van der Waals surface area contributed by atoms with Crippen LogP contribution in [0.2, 0.25) is 0 Å². The van der Waals surface area contributed by atoms with Gasteiger partial charge in [0.2, 0.25) is 0 Å². The van der Waals surface area contributed by atoms with Gasteiger partial charge in [0.25, 0.3) is 5.91 Å². The van der Waals surface area contributed by atoms with Gasteiger partial charge in [0, 0.05) is 0 Å². The summed E-state index contributed by atoms with van der Waals surface area (Å²) in [6, 6.07) is 0. The van der Waals surface area contributed by atoms with Gasteiger partial charge in [-0.3, -0.25) is 4.79 Å². The van der Waals surface area contributed by atoms with Crippen LogP contribution in [-0.4, -0.2) is 24.7 Å². The molecule has 0 heterocycles. The summed E-state index contributed by atoms with van der Waals surface area (Å²) in [6.45, 7) is -1.56. The van der Waals surface area contributed by atoms with Crippen molar-refractivity contribution in [3.63, 3.8) is 0 Å². The zero-order valence-corrected chi connectivity index (χ0v) is 5.44. The van der Waals surface area contributed by atoms with Gasteiger partial charge in [-0.15, -0.1) is 0 Å². The van der Waals surface area contributed by atoms with E-state index in [1.165, 1.54) is 0 Å². The largest absolute Gasteiger partial charge is 0.493 e. The van der Waals surface area contributed by atoms with E-state index in [0.29, 0.717) is 0 Å². The predicted molar refractivity (Wildman–Crippen MR) is 26.3 cm³/mol. The van der Waals surface area contributed by atoms with Crippen LogP contribution in [0.15, 0.2) is 0 Å². The number of halogens is 4. The summed E-state index contributed by atoms with van der Waals surface area (Å²) < 4.78 is 45.1. The summed E-state index contributed by atoms with van der Waals surface area (Å²) in [6.07, 6.45) is -5.20. The number of alkyl halides is 4. The molecule has 0 aromatic carbocycles. The second-order valence-electron chi connectivity index (χ2n) is 1.55. The van der Waals surface area contributed by atoms with Crippen molar-refractivity contribution < 1.29 is 32.0 Å². The molecule has 0 spiro atoms. The second-order valence-corrected chi connectivity index (χ2v) is 1.55. The van der Waals surface area contributed by atoms with E-state index >= 15 is 0 Å². The van der Waals surface area contributed by atoms with Crippen LogP contribution in [0, 0.1) is 0 Å². The molecule has 0 aliphatic rings. The van der Waals surface area contributed by atoms with Crippen molar-refractivity contribution >= 4 is 11.9 Å². The molecular formula is C4H3F4NO3. The van der Waals surface area contributed by atoms with Crippen LogP contribution in [0.3, 0.4) is 0 Å². The summed E-state index contributed by atoms with van der Waals surface area (Å²) in [5.41, 5.74) is 0.955. The standard InChI is InChI=1S/C4H3F4NO3/c5-1-2(10)9-12-3(11)4(6,7)8/h1H2,(H,9,10). The van der Waals surface area contributed by atoms with E-state index in [-0.39, 0.29) is 0 Å². The number of hydrogen-bond acceptors (Lipinski definition) is 3. The van der Waals surface area contributed by atoms with Gasteiger partial charge < -0.3 is 4.84 Å². The monoisotopic (exact) mass is 189 g/mol. The first-order valence-electron chi connectivity index (χ1n) is 2.50. The minimum atomic E-state index is -5.20. The normalized spacial score (nSPS) is 10.7. The van der Waals surface area contributed by atoms with Crippen LogP contribution in [0.5, 0.6) is 0 Å². The fourth-order valence-corrected chi connectivity index (χ4v) is 0.188. The zero-order valence-electron chi connectivity index (χ0n) is 5.44. The Bertz CT molecular complexity index is 189. The topological polar surface area (TPSA) is 55.4 Å². The molecule has 0 atom stereocenters. The van der Waals surface area contributed by atoms with E-state index in [0.717, 1.165) is 5.48 Å². The summed E-state index contributed by atoms with van der Waals surface area (Å²) >= 11 is 0. The van der Waals surface area contributed by atoms with Crippen molar-refractivity contribution in [1.29, 1.82) is 0 Å². The molecule has 70 valence electrons. The molecule has 1 amide bonds. The van der Waals surface area contributed by atoms with Gasteiger partial charge in [0.15, 0.2) is 6.67 Å². The molecule has 0 saturated heterocycles. The molecular weight excluding hydrogens is 186 g/mol. The number of nitrogens with one attached hydrogen (secondary N) is 1. The highest BCUT2D eigenvalue weighted by atomic mass is 19.4. The van der Waals surface area contributed by atoms with Crippen molar-refractivity contribution in [2.75, 3.05) is 6.67 Å². The number of hydrogen-bond donors (Lipinski definition) is 1. The molecule has 4 nitrogen and oxygen atoms in total. The van der Waals surface area contributed by atoms with Gasteiger partial charge in [0.1, 0.15) is 0 Å². The maximum Gasteiger partial charge on any atom is 0.493 e. The van der Waals surface area contributed by atoms with Gasteiger partial charge in [0.05, 0.1) is 0 Å². The number of hydroxylamine groups is 1. The average molecular weight is 189 g/mol. The maximum absolute atomic E-state index is 11.3. The van der Waals surface area contributed by atoms with Gasteiger partial charge >= 0.3 is 12.1 Å². The smallest absolute Gasteiger partial charge is 0.332 e. The Kier molecular flexibility index (Phi) is 3.45. The predicted octanol–water partition coefficient (Wildman–Crippen LogP) is 0.0926. The number of carbonyl (C=O) groups is 2. The van der Waals surface area contributed by atoms with Crippen LogP contribution < -0.4 is 5.48 Å². The summed E-state index contributed by atoms with van der Waals surface area (Å²) in [5, 5.41) is 0. The molecule has 0 aromatic rings. The molecule has 0 bridgehead atoms. The molecule has 0 fully saturated rings. The van der Waals surface area contributed by atoms with Crippen molar-refractivity contribution in [3.8, 4) is 0 Å². The highest BCUT2D eigenvalue weighted by Gasteiger charge is 2.41. The third-order valence-electron chi connectivity index (χ3n) is 0.610. The fraction of sp³-hybridized carbons (Fsp3) is 0.500. The molecule has 8 heteroatoms. The average Bonchev–Trinajstić information content (AvgIpc) is 1.97. The molecule has 0 aliphatic heterocycles. The summed E-state index contributed by atoms with van der Waals surface area (Å²) in [5.74, 6) is -4.07. The molecule has 1 N–H and O–H groups in total. The zero-order chi connectivity index (χ0) is 9.78. The van der Waals surface area contributed by atoms with Crippen molar-refractivity contribution in [3.05, 3.63) is 0 Å². The molecule has 0 radical (unpaired) electrons. The summed E-state index contributed by atoms with van der Waals surface area (Å²) in [7, 11) is 0. The fourth-order valence-electron chi connectivity index (χ4n) is 0.188. The van der Waals surface area contributed by atoms with E-state index in [1.807, 2.05) is 0 Å². The van der Waals surface area contributed by atoms with Crippen LogP contribution in [0.1, 0.15) is 0 Å². The Morgan fingerprint density at radius 3 is 2.17 bits per heavy atom. The van der Waals surface area contributed by atoms with Crippen molar-refractivity contribution in [2.45, 2.75) is 6.18 Å². The van der Waals surface area contributed by atoms with E-state index in [9.17, 15) is 27.2 Å².